The third kappa shape index (κ3) is 15.7. The standard InChI is InChI=1S/C62H82ClN9O13/c1-38(2)54(64)56(75)67-45(18-12-13-25-65-59(78)85-62(3,4)5)55(74)66-41-23-21-39(22-24-41)37-83-61(80)72-47-33-51(50(81-7)32-44(47)57(76)70-26-15-19-46(70)58(72)77)82-31-14-8-9-20-52(73)71-36-40(35-63)53-43-17-11-10-16-42(43)49(34-48(53)71)84-60(79)69-29-27-68(6)28-30-69/h10-11,16-17,21-24,32-34,38,40,45-46,54,58,77H,8-9,12-15,18-20,25-31,35-37,64H2,1-7H3,(H,65,78)(H,66,74)(H,67,75)/t40-,45+,46+,54+,58+/m1/s1. The van der Waals surface area contributed by atoms with Gasteiger partial charge < -0.3 is 70.1 Å². The van der Waals surface area contributed by atoms with E-state index in [0.717, 1.165) is 34.3 Å². The molecular weight excluding hydrogens is 1110 g/mol. The number of alkyl halides is 1. The molecule has 8 rings (SSSR count). The molecule has 0 aromatic heterocycles. The molecule has 460 valence electrons. The summed E-state index contributed by atoms with van der Waals surface area (Å²) in [5, 5.41) is 21.9. The van der Waals surface area contributed by atoms with Crippen LogP contribution in [0.25, 0.3) is 10.8 Å². The zero-order chi connectivity index (χ0) is 61.1. The summed E-state index contributed by atoms with van der Waals surface area (Å²) in [6.45, 7) is 12.6. The van der Waals surface area contributed by atoms with Gasteiger partial charge in [0.1, 0.15) is 24.0 Å². The van der Waals surface area contributed by atoms with Crippen molar-refractivity contribution < 1.29 is 62.4 Å². The van der Waals surface area contributed by atoms with E-state index in [1.807, 2.05) is 45.2 Å². The van der Waals surface area contributed by atoms with Gasteiger partial charge in [0.15, 0.2) is 17.7 Å². The molecule has 0 unspecified atom stereocenters. The number of methoxy groups -OCH3 is 1. The molecule has 23 heteroatoms. The van der Waals surface area contributed by atoms with Gasteiger partial charge in [0.2, 0.25) is 17.7 Å². The van der Waals surface area contributed by atoms with Crippen molar-refractivity contribution >= 4 is 81.3 Å². The Morgan fingerprint density at radius 1 is 0.835 bits per heavy atom. The number of carbonyl (C=O) groups excluding carboxylic acids is 7. The quantitative estimate of drug-likeness (QED) is 0.0368. The Kier molecular flexibility index (Phi) is 21.4. The number of alkyl carbamates (subject to hydrolysis) is 1. The van der Waals surface area contributed by atoms with E-state index in [1.54, 1.807) is 65.8 Å². The predicted octanol–water partition coefficient (Wildman–Crippen LogP) is 8.08. The highest BCUT2D eigenvalue weighted by atomic mass is 35.5. The first-order valence-electron chi connectivity index (χ1n) is 29.5. The monoisotopic (exact) mass is 1200 g/mol. The van der Waals surface area contributed by atoms with Crippen molar-refractivity contribution in [1.82, 2.24) is 25.3 Å². The number of benzene rings is 4. The van der Waals surface area contributed by atoms with Crippen LogP contribution in [0.3, 0.4) is 0 Å². The van der Waals surface area contributed by atoms with Gasteiger partial charge in [-0.3, -0.25) is 19.2 Å². The van der Waals surface area contributed by atoms with Gasteiger partial charge >= 0.3 is 18.3 Å². The zero-order valence-corrected chi connectivity index (χ0v) is 50.5. The number of fused-ring (bicyclic) bond motifs is 5. The predicted molar refractivity (Wildman–Crippen MR) is 322 cm³/mol. The molecule has 4 aromatic rings. The fraction of sp³-hybridized carbons (Fsp3) is 0.532. The molecular formula is C62H82ClN9O13. The number of piperazine rings is 1. The number of ether oxygens (including phenoxy) is 5. The van der Waals surface area contributed by atoms with Crippen molar-refractivity contribution in [1.29, 1.82) is 0 Å². The number of hydrogen-bond donors (Lipinski definition) is 5. The lowest BCUT2D eigenvalue weighted by Crippen LogP contribution is -2.51. The van der Waals surface area contributed by atoms with Gasteiger partial charge in [0.05, 0.1) is 42.7 Å². The summed E-state index contributed by atoms with van der Waals surface area (Å²) in [5.74, 6) is -0.521. The van der Waals surface area contributed by atoms with Gasteiger partial charge in [0, 0.05) is 87.2 Å². The summed E-state index contributed by atoms with van der Waals surface area (Å²) >= 11 is 6.55. The number of likely N-dealkylation sites (N-methyl/N-ethyl adjacent to an activating group) is 1. The molecule has 85 heavy (non-hydrogen) atoms. The van der Waals surface area contributed by atoms with Crippen LogP contribution in [0.5, 0.6) is 17.2 Å². The Hall–Kier alpha value is -7.40. The van der Waals surface area contributed by atoms with Crippen LogP contribution in [0.1, 0.15) is 120 Å². The molecule has 0 radical (unpaired) electrons. The number of aliphatic hydroxyl groups is 1. The first kappa shape index (κ1) is 63.6. The van der Waals surface area contributed by atoms with Crippen LogP contribution in [0.2, 0.25) is 0 Å². The van der Waals surface area contributed by atoms with Crippen LogP contribution in [0, 0.1) is 5.92 Å². The third-order valence-corrected chi connectivity index (χ3v) is 16.2. The van der Waals surface area contributed by atoms with E-state index in [0.29, 0.717) is 106 Å². The molecule has 2 saturated heterocycles. The minimum absolute atomic E-state index is 0.0813. The van der Waals surface area contributed by atoms with Gasteiger partial charge in [-0.25, -0.2) is 19.3 Å². The van der Waals surface area contributed by atoms with Crippen molar-refractivity contribution in [3.05, 3.63) is 83.4 Å². The molecule has 2 fully saturated rings. The number of aliphatic hydroxyl groups excluding tert-OH is 1. The molecule has 4 heterocycles. The highest BCUT2D eigenvalue weighted by Gasteiger charge is 2.46. The highest BCUT2D eigenvalue weighted by molar-refractivity contribution is 6.19. The lowest BCUT2D eigenvalue weighted by Gasteiger charge is -2.31. The van der Waals surface area contributed by atoms with Crippen molar-refractivity contribution in [3.8, 4) is 17.2 Å². The molecule has 0 spiro atoms. The Morgan fingerprint density at radius 2 is 1.55 bits per heavy atom. The number of carbonyl (C=O) groups is 7. The normalized spacial score (nSPS) is 18.4. The molecule has 22 nitrogen and oxygen atoms in total. The first-order chi connectivity index (χ1) is 40.7. The SMILES string of the molecule is COc1cc2c(cc1OCCCCCC(=O)N1C[C@@H](CCl)c3c1cc(OC(=O)N1CCN(C)CC1)c1ccccc31)N(C(=O)OCc1ccc(NC(=O)[C@H](CCCCNC(=O)OC(C)(C)C)NC(=O)[C@@H](N)C(C)C)cc1)[C@@H](O)[C@@H]1CCCN1C2=O. The second-order valence-electron chi connectivity index (χ2n) is 23.5. The Bertz CT molecular complexity index is 3060. The molecule has 6 N–H and O–H groups in total. The second-order valence-corrected chi connectivity index (χ2v) is 23.8. The highest BCUT2D eigenvalue weighted by Crippen LogP contribution is 2.46. The number of halogens is 1. The van der Waals surface area contributed by atoms with E-state index in [-0.39, 0.29) is 72.5 Å². The van der Waals surface area contributed by atoms with Crippen LogP contribution in [-0.4, -0.2) is 164 Å². The number of anilines is 3. The molecule has 5 atom stereocenters. The molecule has 0 saturated carbocycles. The Labute approximate surface area is 501 Å². The van der Waals surface area contributed by atoms with Crippen molar-refractivity contribution in [2.45, 2.75) is 135 Å². The number of nitrogens with zero attached hydrogens (tertiary/aromatic N) is 5. The fourth-order valence-corrected chi connectivity index (χ4v) is 11.3. The Balaban J connectivity index is 0.881. The molecule has 7 amide bonds. The van der Waals surface area contributed by atoms with Gasteiger partial charge in [-0.1, -0.05) is 50.2 Å². The van der Waals surface area contributed by atoms with Crippen molar-refractivity contribution in [2.75, 3.05) is 87.6 Å². The largest absolute Gasteiger partial charge is 0.493 e. The van der Waals surface area contributed by atoms with E-state index >= 15 is 0 Å². The summed E-state index contributed by atoms with van der Waals surface area (Å²) in [4.78, 5) is 103. The zero-order valence-electron chi connectivity index (χ0n) is 49.8. The van der Waals surface area contributed by atoms with E-state index in [1.165, 1.54) is 19.2 Å². The smallest absolute Gasteiger partial charge is 0.416 e. The lowest BCUT2D eigenvalue weighted by atomic mass is 9.95. The average Bonchev–Trinajstić information content (AvgIpc) is 3.77. The number of nitrogens with two attached hydrogens (primary N) is 1. The first-order valence-corrected chi connectivity index (χ1v) is 30.0. The van der Waals surface area contributed by atoms with E-state index in [4.69, 9.17) is 41.0 Å². The maximum absolute atomic E-state index is 14.3. The molecule has 0 bridgehead atoms. The fourth-order valence-electron chi connectivity index (χ4n) is 11.0. The third-order valence-electron chi connectivity index (χ3n) is 15.8. The van der Waals surface area contributed by atoms with Crippen molar-refractivity contribution in [2.24, 2.45) is 11.7 Å². The van der Waals surface area contributed by atoms with E-state index in [9.17, 15) is 38.7 Å². The van der Waals surface area contributed by atoms with Crippen LogP contribution >= 0.6 is 11.6 Å². The van der Waals surface area contributed by atoms with Gasteiger partial charge in [-0.05, 0) is 120 Å². The maximum atomic E-state index is 14.3. The molecule has 4 aromatic carbocycles. The van der Waals surface area contributed by atoms with Crippen LogP contribution < -0.4 is 45.7 Å². The molecule has 0 aliphatic carbocycles. The summed E-state index contributed by atoms with van der Waals surface area (Å²) in [6.07, 6.45) is 0.922. The topological polar surface area (TPSA) is 264 Å². The van der Waals surface area contributed by atoms with Gasteiger partial charge in [-0.15, -0.1) is 11.6 Å². The lowest BCUT2D eigenvalue weighted by molar-refractivity contribution is -0.128. The number of rotatable bonds is 22. The number of unbranched alkanes of at least 4 members (excludes halogenated alkanes) is 3. The van der Waals surface area contributed by atoms with Crippen LogP contribution in [0.15, 0.2) is 66.7 Å². The van der Waals surface area contributed by atoms with Gasteiger partial charge in [-0.2, -0.15) is 0 Å². The van der Waals surface area contributed by atoms with Crippen molar-refractivity contribution in [3.63, 3.8) is 0 Å². The summed E-state index contributed by atoms with van der Waals surface area (Å²) in [5.41, 5.74) is 8.27. The van der Waals surface area contributed by atoms with E-state index in [2.05, 4.69) is 20.9 Å². The summed E-state index contributed by atoms with van der Waals surface area (Å²) in [6, 6.07) is 16.6. The second kappa shape index (κ2) is 28.7. The van der Waals surface area contributed by atoms with Crippen LogP contribution in [-0.2, 0) is 30.5 Å². The van der Waals surface area contributed by atoms with E-state index < -0.39 is 60.0 Å². The minimum atomic E-state index is -1.47. The summed E-state index contributed by atoms with van der Waals surface area (Å²) < 4.78 is 29.2. The van der Waals surface area contributed by atoms with Gasteiger partial charge in [0.25, 0.3) is 5.91 Å². The number of nitrogens with one attached hydrogen (secondary N) is 3. The maximum Gasteiger partial charge on any atom is 0.416 e. The molecule has 4 aliphatic heterocycles. The van der Waals surface area contributed by atoms with Crippen LogP contribution in [0.4, 0.5) is 31.4 Å². The molecule has 4 aliphatic rings. The summed E-state index contributed by atoms with van der Waals surface area (Å²) in [7, 11) is 3.47. The minimum Gasteiger partial charge on any atom is -0.493 e. The number of amides is 7. The Morgan fingerprint density at radius 3 is 2.25 bits per heavy atom. The number of hydrogen-bond acceptors (Lipinski definition) is 15. The average molecular weight is 1200 g/mol.